The summed E-state index contributed by atoms with van der Waals surface area (Å²) in [5.74, 6) is 0.528. The Bertz CT molecular complexity index is 391. The molecule has 5 heteroatoms. The Balaban J connectivity index is 2.78. The quantitative estimate of drug-likeness (QED) is 0.851. The second-order valence-electron chi connectivity index (χ2n) is 3.46. The van der Waals surface area contributed by atoms with Crippen molar-refractivity contribution in [2.45, 2.75) is 20.5 Å². The maximum Gasteiger partial charge on any atom is 0.415 e. The molecule has 0 aliphatic carbocycles. The highest BCUT2D eigenvalue weighted by molar-refractivity contribution is 14.1. The van der Waals surface area contributed by atoms with Gasteiger partial charge in [0.15, 0.2) is 0 Å². The lowest BCUT2D eigenvalue weighted by molar-refractivity contribution is 0.157. The number of aliphatic hydroxyl groups is 1. The van der Waals surface area contributed by atoms with Gasteiger partial charge in [0.05, 0.1) is 10.2 Å². The van der Waals surface area contributed by atoms with Crippen LogP contribution in [0.2, 0.25) is 0 Å². The van der Waals surface area contributed by atoms with Gasteiger partial charge in [-0.1, -0.05) is 6.07 Å². The molecule has 0 aromatic heterocycles. The van der Waals surface area contributed by atoms with E-state index >= 15 is 0 Å². The van der Waals surface area contributed by atoms with Crippen molar-refractivity contribution in [3.8, 4) is 5.75 Å². The Morgan fingerprint density at radius 3 is 2.53 bits per heavy atom. The van der Waals surface area contributed by atoms with Crippen molar-refractivity contribution in [1.29, 1.82) is 0 Å². The van der Waals surface area contributed by atoms with E-state index in [1.807, 2.05) is 13.8 Å². The molecule has 0 saturated heterocycles. The Hall–Kier alpha value is -0.820. The van der Waals surface area contributed by atoms with Gasteiger partial charge in [-0.25, -0.2) is 4.79 Å². The van der Waals surface area contributed by atoms with Crippen LogP contribution in [0.1, 0.15) is 19.4 Å². The molecule has 1 amide bonds. The van der Waals surface area contributed by atoms with E-state index in [4.69, 9.17) is 9.84 Å². The fourth-order valence-electron chi connectivity index (χ4n) is 1.37. The van der Waals surface area contributed by atoms with E-state index in [0.29, 0.717) is 18.8 Å². The molecule has 0 spiro atoms. The lowest BCUT2D eigenvalue weighted by Crippen LogP contribution is -2.33. The van der Waals surface area contributed by atoms with Gasteiger partial charge in [-0.05, 0) is 54.1 Å². The lowest BCUT2D eigenvalue weighted by Gasteiger charge is -2.18. The van der Waals surface area contributed by atoms with E-state index in [0.717, 1.165) is 9.13 Å². The summed E-state index contributed by atoms with van der Waals surface area (Å²) in [6.07, 6.45) is -0.343. The largest absolute Gasteiger partial charge is 0.415 e. The number of hydrogen-bond donors (Lipinski definition) is 1. The van der Waals surface area contributed by atoms with Gasteiger partial charge >= 0.3 is 6.09 Å². The number of rotatable bonds is 4. The fourth-order valence-corrected chi connectivity index (χ4v) is 2.06. The van der Waals surface area contributed by atoms with Crippen molar-refractivity contribution >= 4 is 28.7 Å². The maximum atomic E-state index is 11.7. The number of nitrogens with zero attached hydrogens (tertiary/aromatic N) is 1. The molecule has 0 aliphatic rings. The summed E-state index contributed by atoms with van der Waals surface area (Å²) >= 11 is 2.08. The van der Waals surface area contributed by atoms with Crippen LogP contribution >= 0.6 is 22.6 Å². The number of carbonyl (C=O) groups excluding carboxylic acids is 1. The van der Waals surface area contributed by atoms with Crippen LogP contribution in [-0.4, -0.2) is 29.2 Å². The molecular formula is C12H16INO3. The standard InChI is InChI=1S/C12H16INO3/c1-3-14(4-2)12(16)17-11-6-5-9(8-15)7-10(11)13/h5-7,15H,3-4,8H2,1-2H3. The second-order valence-corrected chi connectivity index (χ2v) is 4.63. The van der Waals surface area contributed by atoms with Gasteiger partial charge in [0.2, 0.25) is 0 Å². The molecule has 0 unspecified atom stereocenters. The monoisotopic (exact) mass is 349 g/mol. The third kappa shape index (κ3) is 3.85. The average Bonchev–Trinajstić information content (AvgIpc) is 2.33. The van der Waals surface area contributed by atoms with Crippen molar-refractivity contribution in [3.63, 3.8) is 0 Å². The number of carbonyl (C=O) groups is 1. The zero-order chi connectivity index (χ0) is 12.8. The molecule has 0 fully saturated rings. The van der Waals surface area contributed by atoms with Crippen LogP contribution in [0.15, 0.2) is 18.2 Å². The zero-order valence-electron chi connectivity index (χ0n) is 9.94. The minimum Gasteiger partial charge on any atom is -0.409 e. The van der Waals surface area contributed by atoms with Gasteiger partial charge in [-0.15, -0.1) is 0 Å². The average molecular weight is 349 g/mol. The van der Waals surface area contributed by atoms with E-state index in [1.165, 1.54) is 0 Å². The minimum absolute atomic E-state index is 0.0136. The summed E-state index contributed by atoms with van der Waals surface area (Å²) in [7, 11) is 0. The van der Waals surface area contributed by atoms with Crippen LogP contribution in [-0.2, 0) is 6.61 Å². The second kappa shape index (κ2) is 6.80. The summed E-state index contributed by atoms with van der Waals surface area (Å²) < 4.78 is 6.10. The highest BCUT2D eigenvalue weighted by Crippen LogP contribution is 2.22. The van der Waals surface area contributed by atoms with E-state index in [-0.39, 0.29) is 12.7 Å². The van der Waals surface area contributed by atoms with Crippen LogP contribution in [0, 0.1) is 3.57 Å². The van der Waals surface area contributed by atoms with E-state index in [1.54, 1.807) is 23.1 Å². The Labute approximate surface area is 115 Å². The van der Waals surface area contributed by atoms with E-state index in [9.17, 15) is 4.79 Å². The molecule has 0 heterocycles. The number of halogens is 1. The zero-order valence-corrected chi connectivity index (χ0v) is 12.1. The highest BCUT2D eigenvalue weighted by Gasteiger charge is 2.13. The summed E-state index contributed by atoms with van der Waals surface area (Å²) in [6, 6.07) is 5.24. The van der Waals surface area contributed by atoms with Gasteiger partial charge < -0.3 is 14.7 Å². The smallest absolute Gasteiger partial charge is 0.409 e. The summed E-state index contributed by atoms with van der Waals surface area (Å²) in [5, 5.41) is 8.98. The molecular weight excluding hydrogens is 333 g/mol. The lowest BCUT2D eigenvalue weighted by atomic mass is 10.2. The van der Waals surface area contributed by atoms with Crippen LogP contribution in [0.4, 0.5) is 4.79 Å². The van der Waals surface area contributed by atoms with Gasteiger partial charge in [0.1, 0.15) is 5.75 Å². The van der Waals surface area contributed by atoms with Crippen LogP contribution < -0.4 is 4.74 Å². The van der Waals surface area contributed by atoms with Crippen LogP contribution in [0.3, 0.4) is 0 Å². The molecule has 4 nitrogen and oxygen atoms in total. The van der Waals surface area contributed by atoms with Gasteiger partial charge in [-0.2, -0.15) is 0 Å². The molecule has 0 radical (unpaired) electrons. The summed E-state index contributed by atoms with van der Waals surface area (Å²) in [5.41, 5.74) is 0.803. The molecule has 1 rings (SSSR count). The minimum atomic E-state index is -0.343. The predicted octanol–water partition coefficient (Wildman–Crippen LogP) is 2.62. The predicted molar refractivity (Wildman–Crippen MR) is 74.0 cm³/mol. The van der Waals surface area contributed by atoms with Crippen molar-refractivity contribution in [2.75, 3.05) is 13.1 Å². The topological polar surface area (TPSA) is 49.8 Å². The Morgan fingerprint density at radius 2 is 2.06 bits per heavy atom. The van der Waals surface area contributed by atoms with E-state index in [2.05, 4.69) is 22.6 Å². The van der Waals surface area contributed by atoms with Crippen LogP contribution in [0.5, 0.6) is 5.75 Å². The third-order valence-corrected chi connectivity index (χ3v) is 3.24. The van der Waals surface area contributed by atoms with Gasteiger partial charge in [0.25, 0.3) is 0 Å². The Kier molecular flexibility index (Phi) is 5.70. The normalized spacial score (nSPS) is 10.1. The first-order chi connectivity index (χ1) is 8.12. The number of aliphatic hydroxyl groups excluding tert-OH is 1. The molecule has 94 valence electrons. The molecule has 1 aromatic rings. The molecule has 0 bridgehead atoms. The summed E-state index contributed by atoms with van der Waals surface area (Å²) in [6.45, 7) is 5.05. The maximum absolute atomic E-state index is 11.7. The van der Waals surface area contributed by atoms with Crippen molar-refractivity contribution in [3.05, 3.63) is 27.3 Å². The first kappa shape index (κ1) is 14.2. The van der Waals surface area contributed by atoms with Gasteiger partial charge in [-0.3, -0.25) is 0 Å². The molecule has 1 aromatic carbocycles. The molecule has 1 N–H and O–H groups in total. The SMILES string of the molecule is CCN(CC)C(=O)Oc1ccc(CO)cc1I. The number of benzene rings is 1. The first-order valence-corrected chi connectivity index (χ1v) is 6.56. The third-order valence-electron chi connectivity index (χ3n) is 2.40. The van der Waals surface area contributed by atoms with Crippen molar-refractivity contribution in [2.24, 2.45) is 0 Å². The van der Waals surface area contributed by atoms with E-state index < -0.39 is 0 Å². The van der Waals surface area contributed by atoms with Crippen LogP contribution in [0.25, 0.3) is 0 Å². The summed E-state index contributed by atoms with van der Waals surface area (Å²) in [4.78, 5) is 13.3. The molecule has 0 saturated carbocycles. The Morgan fingerprint density at radius 1 is 1.41 bits per heavy atom. The van der Waals surface area contributed by atoms with Gasteiger partial charge in [0, 0.05) is 13.1 Å². The van der Waals surface area contributed by atoms with Crippen molar-refractivity contribution < 1.29 is 14.6 Å². The number of hydrogen-bond acceptors (Lipinski definition) is 3. The number of ether oxygens (including phenoxy) is 1. The molecule has 0 atom stereocenters. The molecule has 0 aliphatic heterocycles. The molecule has 17 heavy (non-hydrogen) atoms. The fraction of sp³-hybridized carbons (Fsp3) is 0.417. The van der Waals surface area contributed by atoms with Crippen molar-refractivity contribution in [1.82, 2.24) is 4.90 Å². The first-order valence-electron chi connectivity index (χ1n) is 5.48. The number of amides is 1. The highest BCUT2D eigenvalue weighted by atomic mass is 127.